The van der Waals surface area contributed by atoms with Crippen molar-refractivity contribution in [1.29, 1.82) is 0 Å². The second kappa shape index (κ2) is 6.71. The summed E-state index contributed by atoms with van der Waals surface area (Å²) in [5.41, 5.74) is 8.97. The summed E-state index contributed by atoms with van der Waals surface area (Å²) >= 11 is 0. The molecule has 0 radical (unpaired) electrons. The Balaban J connectivity index is 1.34. The number of aromatic nitrogens is 5. The fourth-order valence-corrected chi connectivity index (χ4v) is 4.51. The molecule has 4 aromatic rings. The first-order valence-electron chi connectivity index (χ1n) is 9.65. The third-order valence-corrected chi connectivity index (χ3v) is 6.05. The van der Waals surface area contributed by atoms with Crippen molar-refractivity contribution in [3.63, 3.8) is 0 Å². The van der Waals surface area contributed by atoms with Gasteiger partial charge in [-0.15, -0.1) is 0 Å². The Kier molecular flexibility index (Phi) is 4.14. The first-order valence-corrected chi connectivity index (χ1v) is 9.65. The van der Waals surface area contributed by atoms with Gasteiger partial charge in [-0.1, -0.05) is 6.07 Å². The molecule has 1 aromatic carbocycles. The average molecular weight is 394 g/mol. The SMILES string of the molecule is Nc1ncnc2c1ccn2[C@@H]1C[C@H](CCc2ccc3[nH]c(=O)[nH]c3c2)[C@@H](O)[C@H]1O. The van der Waals surface area contributed by atoms with Crippen molar-refractivity contribution in [3.8, 4) is 0 Å². The van der Waals surface area contributed by atoms with Gasteiger partial charge in [0.2, 0.25) is 0 Å². The number of nitrogens with one attached hydrogen (secondary N) is 2. The number of hydrogen-bond donors (Lipinski definition) is 5. The number of nitrogens with zero attached hydrogens (tertiary/aromatic N) is 3. The summed E-state index contributed by atoms with van der Waals surface area (Å²) in [6.07, 6.45) is 3.67. The van der Waals surface area contributed by atoms with Crippen LogP contribution in [-0.4, -0.2) is 46.9 Å². The van der Waals surface area contributed by atoms with Crippen LogP contribution in [0.1, 0.15) is 24.4 Å². The van der Waals surface area contributed by atoms with Crippen molar-refractivity contribution < 1.29 is 10.2 Å². The normalized spacial score (nSPS) is 24.6. The van der Waals surface area contributed by atoms with Gasteiger partial charge in [-0.25, -0.2) is 14.8 Å². The number of hydrogen-bond acceptors (Lipinski definition) is 6. The highest BCUT2D eigenvalue weighted by molar-refractivity contribution is 5.86. The molecule has 0 bridgehead atoms. The summed E-state index contributed by atoms with van der Waals surface area (Å²) < 4.78 is 1.89. The molecule has 3 heterocycles. The fourth-order valence-electron chi connectivity index (χ4n) is 4.51. The Labute approximate surface area is 165 Å². The van der Waals surface area contributed by atoms with E-state index in [1.54, 1.807) is 0 Å². The number of benzene rings is 1. The van der Waals surface area contributed by atoms with Crippen molar-refractivity contribution in [2.75, 3.05) is 5.73 Å². The molecule has 6 N–H and O–H groups in total. The predicted octanol–water partition coefficient (Wildman–Crippen LogP) is 1.10. The zero-order valence-corrected chi connectivity index (χ0v) is 15.6. The van der Waals surface area contributed by atoms with Gasteiger partial charge in [-0.2, -0.15) is 0 Å². The van der Waals surface area contributed by atoms with Crippen molar-refractivity contribution in [3.05, 3.63) is 52.8 Å². The van der Waals surface area contributed by atoms with Crippen LogP contribution in [0.15, 0.2) is 41.6 Å². The largest absolute Gasteiger partial charge is 0.390 e. The third kappa shape index (κ3) is 2.99. The van der Waals surface area contributed by atoms with Gasteiger partial charge in [0.15, 0.2) is 0 Å². The van der Waals surface area contributed by atoms with Crippen molar-refractivity contribution in [2.24, 2.45) is 5.92 Å². The van der Waals surface area contributed by atoms with Gasteiger partial charge in [0.05, 0.1) is 28.6 Å². The summed E-state index contributed by atoms with van der Waals surface area (Å²) in [7, 11) is 0. The Bertz CT molecular complexity index is 1240. The Morgan fingerprint density at radius 2 is 1.97 bits per heavy atom. The van der Waals surface area contributed by atoms with Crippen LogP contribution < -0.4 is 11.4 Å². The zero-order valence-electron chi connectivity index (χ0n) is 15.6. The second-order valence-corrected chi connectivity index (χ2v) is 7.76. The maximum atomic E-state index is 11.4. The van der Waals surface area contributed by atoms with E-state index in [0.29, 0.717) is 17.9 Å². The molecule has 0 saturated heterocycles. The number of anilines is 1. The van der Waals surface area contributed by atoms with E-state index in [9.17, 15) is 15.0 Å². The lowest BCUT2D eigenvalue weighted by molar-refractivity contribution is 0.00545. The van der Waals surface area contributed by atoms with E-state index in [4.69, 9.17) is 5.73 Å². The molecule has 9 heteroatoms. The van der Waals surface area contributed by atoms with Gasteiger partial charge in [-0.3, -0.25) is 0 Å². The molecule has 4 atom stereocenters. The highest BCUT2D eigenvalue weighted by Gasteiger charge is 2.42. The van der Waals surface area contributed by atoms with Gasteiger partial charge >= 0.3 is 5.69 Å². The molecule has 5 rings (SSSR count). The van der Waals surface area contributed by atoms with Crippen LogP contribution in [0.5, 0.6) is 0 Å². The minimum Gasteiger partial charge on any atom is -0.390 e. The first kappa shape index (κ1) is 17.9. The van der Waals surface area contributed by atoms with E-state index >= 15 is 0 Å². The molecule has 0 spiro atoms. The topological polar surface area (TPSA) is 146 Å². The smallest absolute Gasteiger partial charge is 0.323 e. The number of aliphatic hydroxyl groups excluding tert-OH is 2. The molecule has 0 unspecified atom stereocenters. The molecule has 3 aromatic heterocycles. The van der Waals surface area contributed by atoms with Crippen LogP contribution in [0.4, 0.5) is 5.82 Å². The molecule has 150 valence electrons. The number of nitrogens with two attached hydrogens (primary N) is 1. The monoisotopic (exact) mass is 394 g/mol. The maximum absolute atomic E-state index is 11.4. The number of aliphatic hydroxyl groups is 2. The second-order valence-electron chi connectivity index (χ2n) is 7.76. The third-order valence-electron chi connectivity index (χ3n) is 6.05. The summed E-state index contributed by atoms with van der Waals surface area (Å²) in [4.78, 5) is 25.2. The van der Waals surface area contributed by atoms with E-state index in [1.807, 2.05) is 35.0 Å². The molecule has 1 aliphatic rings. The summed E-state index contributed by atoms with van der Waals surface area (Å²) in [6, 6.07) is 7.36. The zero-order chi connectivity index (χ0) is 20.1. The number of aromatic amines is 2. The van der Waals surface area contributed by atoms with Crippen LogP contribution in [-0.2, 0) is 6.42 Å². The van der Waals surface area contributed by atoms with Crippen LogP contribution in [0.2, 0.25) is 0 Å². The van der Waals surface area contributed by atoms with Gasteiger partial charge in [-0.05, 0) is 48.9 Å². The lowest BCUT2D eigenvalue weighted by atomic mass is 9.96. The molecule has 1 fully saturated rings. The van der Waals surface area contributed by atoms with Crippen LogP contribution >= 0.6 is 0 Å². The van der Waals surface area contributed by atoms with Gasteiger partial charge < -0.3 is 30.5 Å². The number of fused-ring (bicyclic) bond motifs is 2. The highest BCUT2D eigenvalue weighted by atomic mass is 16.3. The molecule has 0 aliphatic heterocycles. The summed E-state index contributed by atoms with van der Waals surface area (Å²) in [5, 5.41) is 22.1. The Hall–Kier alpha value is -3.17. The maximum Gasteiger partial charge on any atom is 0.323 e. The molecule has 0 amide bonds. The molecule has 1 aliphatic carbocycles. The number of aryl methyl sites for hydroxylation is 1. The van der Waals surface area contributed by atoms with Crippen LogP contribution in [0, 0.1) is 5.92 Å². The molecular weight excluding hydrogens is 372 g/mol. The molecular formula is C20H22N6O3. The van der Waals surface area contributed by atoms with E-state index in [-0.39, 0.29) is 17.6 Å². The lowest BCUT2D eigenvalue weighted by Crippen LogP contribution is -2.29. The number of H-pyrrole nitrogens is 2. The summed E-state index contributed by atoms with van der Waals surface area (Å²) in [5.74, 6) is 0.351. The molecule has 29 heavy (non-hydrogen) atoms. The lowest BCUT2D eigenvalue weighted by Gasteiger charge is -2.19. The van der Waals surface area contributed by atoms with Gasteiger partial charge in [0.1, 0.15) is 23.9 Å². The molecule has 9 nitrogen and oxygen atoms in total. The van der Waals surface area contributed by atoms with Gasteiger partial charge in [0, 0.05) is 6.20 Å². The van der Waals surface area contributed by atoms with Crippen LogP contribution in [0.25, 0.3) is 22.1 Å². The first-order chi connectivity index (χ1) is 14.0. The molecule has 1 saturated carbocycles. The van der Waals surface area contributed by atoms with E-state index in [0.717, 1.165) is 34.8 Å². The fraction of sp³-hybridized carbons (Fsp3) is 0.350. The van der Waals surface area contributed by atoms with Crippen LogP contribution in [0.3, 0.4) is 0 Å². The number of rotatable bonds is 4. The van der Waals surface area contributed by atoms with E-state index in [1.165, 1.54) is 6.33 Å². The Morgan fingerprint density at radius 3 is 2.83 bits per heavy atom. The highest BCUT2D eigenvalue weighted by Crippen LogP contribution is 2.39. The van der Waals surface area contributed by atoms with E-state index < -0.39 is 12.2 Å². The number of nitrogen functional groups attached to an aromatic ring is 1. The quantitative estimate of drug-likeness (QED) is 0.350. The van der Waals surface area contributed by atoms with Crippen molar-refractivity contribution in [1.82, 2.24) is 24.5 Å². The van der Waals surface area contributed by atoms with E-state index in [2.05, 4.69) is 19.9 Å². The average Bonchev–Trinajstić information content (AvgIpc) is 3.37. The predicted molar refractivity (Wildman–Crippen MR) is 108 cm³/mol. The Morgan fingerprint density at radius 1 is 1.14 bits per heavy atom. The van der Waals surface area contributed by atoms with Crippen molar-refractivity contribution >= 4 is 27.9 Å². The summed E-state index contributed by atoms with van der Waals surface area (Å²) in [6.45, 7) is 0. The van der Waals surface area contributed by atoms with Crippen molar-refractivity contribution in [2.45, 2.75) is 37.5 Å². The van der Waals surface area contributed by atoms with Gasteiger partial charge in [0.25, 0.3) is 0 Å². The standard InChI is InChI=1S/C20H22N6O3/c21-18-12-5-6-26(19(12)23-9-22-18)15-8-11(16(27)17(15)28)3-1-10-2-4-13-14(7-10)25-20(29)24-13/h2,4-7,9,11,15-17,27-28H,1,3,8H2,(H2,21,22,23)(H2,24,25,29)/t11-,15+,16+,17-/m0/s1. The minimum absolute atomic E-state index is 0.0485. The number of imidazole rings is 1. The minimum atomic E-state index is -0.879.